The van der Waals surface area contributed by atoms with Gasteiger partial charge in [-0.3, -0.25) is 0 Å². The van der Waals surface area contributed by atoms with Crippen molar-refractivity contribution in [2.24, 2.45) is 5.92 Å². The molecule has 4 heteroatoms. The fourth-order valence-electron chi connectivity index (χ4n) is 2.61. The van der Waals surface area contributed by atoms with Crippen LogP contribution in [0.5, 0.6) is 0 Å². The molecule has 1 aromatic carbocycles. The van der Waals surface area contributed by atoms with Gasteiger partial charge in [-0.05, 0) is 30.9 Å². The predicted octanol–water partition coefficient (Wildman–Crippen LogP) is 3.17. The molecular formula is C13H18F2N2. The van der Waals surface area contributed by atoms with Gasteiger partial charge in [0.1, 0.15) is 0 Å². The van der Waals surface area contributed by atoms with Crippen molar-refractivity contribution in [2.45, 2.75) is 25.7 Å². The van der Waals surface area contributed by atoms with Gasteiger partial charge < -0.3 is 10.6 Å². The highest BCUT2D eigenvalue weighted by Crippen LogP contribution is 2.31. The highest BCUT2D eigenvalue weighted by atomic mass is 19.2. The number of halogens is 2. The molecule has 1 saturated carbocycles. The number of anilines is 2. The van der Waals surface area contributed by atoms with Gasteiger partial charge in [-0.15, -0.1) is 0 Å². The molecule has 0 bridgehead atoms. The lowest BCUT2D eigenvalue weighted by Crippen LogP contribution is -2.26. The molecule has 0 spiro atoms. The van der Waals surface area contributed by atoms with Crippen LogP contribution in [0.3, 0.4) is 0 Å². The normalized spacial score (nSPS) is 16.4. The van der Waals surface area contributed by atoms with E-state index in [9.17, 15) is 8.78 Å². The first-order valence-corrected chi connectivity index (χ1v) is 6.04. The monoisotopic (exact) mass is 240 g/mol. The Hall–Kier alpha value is -1.32. The SMILES string of the molecule is CN(CC1CCCC1)c1c(N)ccc(F)c1F. The van der Waals surface area contributed by atoms with Crippen LogP contribution in [0.25, 0.3) is 0 Å². The largest absolute Gasteiger partial charge is 0.397 e. The van der Waals surface area contributed by atoms with E-state index in [1.54, 1.807) is 11.9 Å². The zero-order valence-corrected chi connectivity index (χ0v) is 10.0. The van der Waals surface area contributed by atoms with Gasteiger partial charge in [0, 0.05) is 13.6 Å². The van der Waals surface area contributed by atoms with Crippen molar-refractivity contribution in [1.82, 2.24) is 0 Å². The molecular weight excluding hydrogens is 222 g/mol. The van der Waals surface area contributed by atoms with Gasteiger partial charge in [-0.1, -0.05) is 12.8 Å². The number of hydrogen-bond acceptors (Lipinski definition) is 2. The van der Waals surface area contributed by atoms with Crippen LogP contribution >= 0.6 is 0 Å². The molecule has 0 saturated heterocycles. The van der Waals surface area contributed by atoms with Crippen LogP contribution < -0.4 is 10.6 Å². The molecule has 1 aromatic rings. The summed E-state index contributed by atoms with van der Waals surface area (Å²) in [6.45, 7) is 0.741. The van der Waals surface area contributed by atoms with E-state index in [0.29, 0.717) is 11.6 Å². The van der Waals surface area contributed by atoms with Crippen LogP contribution in [0.1, 0.15) is 25.7 Å². The summed E-state index contributed by atoms with van der Waals surface area (Å²) >= 11 is 0. The summed E-state index contributed by atoms with van der Waals surface area (Å²) in [5.41, 5.74) is 6.20. The van der Waals surface area contributed by atoms with Crippen molar-refractivity contribution in [3.8, 4) is 0 Å². The third kappa shape index (κ3) is 2.51. The molecule has 0 amide bonds. The molecule has 2 nitrogen and oxygen atoms in total. The Balaban J connectivity index is 2.17. The van der Waals surface area contributed by atoms with Gasteiger partial charge in [0.2, 0.25) is 0 Å². The third-order valence-corrected chi connectivity index (χ3v) is 3.49. The molecule has 0 unspecified atom stereocenters. The maximum Gasteiger partial charge on any atom is 0.184 e. The smallest absolute Gasteiger partial charge is 0.184 e. The summed E-state index contributed by atoms with van der Waals surface area (Å²) < 4.78 is 26.9. The van der Waals surface area contributed by atoms with E-state index >= 15 is 0 Å². The van der Waals surface area contributed by atoms with Crippen LogP contribution in [0.2, 0.25) is 0 Å². The number of hydrogen-bond donors (Lipinski definition) is 1. The van der Waals surface area contributed by atoms with Crippen molar-refractivity contribution >= 4 is 11.4 Å². The molecule has 0 heterocycles. The summed E-state index contributed by atoms with van der Waals surface area (Å²) in [4.78, 5) is 1.74. The lowest BCUT2D eigenvalue weighted by atomic mass is 10.1. The van der Waals surface area contributed by atoms with Crippen molar-refractivity contribution in [1.29, 1.82) is 0 Å². The molecule has 1 fully saturated rings. The topological polar surface area (TPSA) is 29.3 Å². The molecule has 0 aliphatic heterocycles. The predicted molar refractivity (Wildman–Crippen MR) is 66.0 cm³/mol. The van der Waals surface area contributed by atoms with Gasteiger partial charge in [-0.25, -0.2) is 8.78 Å². The maximum absolute atomic E-state index is 13.7. The Labute approximate surface area is 100 Å². The van der Waals surface area contributed by atoms with Crippen molar-refractivity contribution in [3.05, 3.63) is 23.8 Å². The lowest BCUT2D eigenvalue weighted by Gasteiger charge is -2.24. The minimum absolute atomic E-state index is 0.192. The molecule has 17 heavy (non-hydrogen) atoms. The number of rotatable bonds is 3. The van der Waals surface area contributed by atoms with E-state index in [-0.39, 0.29) is 5.69 Å². The standard InChI is InChI=1S/C13H18F2N2/c1-17(8-9-4-2-3-5-9)13-11(16)7-6-10(14)12(13)15/h6-7,9H,2-5,8,16H2,1H3. The van der Waals surface area contributed by atoms with E-state index in [1.807, 2.05) is 0 Å². The summed E-state index contributed by atoms with van der Waals surface area (Å²) in [7, 11) is 1.77. The number of nitrogens with zero attached hydrogens (tertiary/aromatic N) is 1. The number of nitrogen functional groups attached to an aromatic ring is 1. The Bertz CT molecular complexity index is 401. The molecule has 0 radical (unpaired) electrons. The summed E-state index contributed by atoms with van der Waals surface area (Å²) in [5, 5.41) is 0. The molecule has 94 valence electrons. The van der Waals surface area contributed by atoms with Crippen LogP contribution in [0.15, 0.2) is 12.1 Å². The van der Waals surface area contributed by atoms with Gasteiger partial charge in [-0.2, -0.15) is 0 Å². The summed E-state index contributed by atoms with van der Waals surface area (Å²) in [5.74, 6) is -1.11. The van der Waals surface area contributed by atoms with Crippen molar-refractivity contribution in [2.75, 3.05) is 24.2 Å². The van der Waals surface area contributed by atoms with E-state index < -0.39 is 11.6 Å². The number of benzene rings is 1. The quantitative estimate of drug-likeness (QED) is 0.822. The lowest BCUT2D eigenvalue weighted by molar-refractivity contribution is 0.499. The molecule has 1 aliphatic rings. The van der Waals surface area contributed by atoms with E-state index in [4.69, 9.17) is 5.73 Å². The molecule has 0 atom stereocenters. The maximum atomic E-state index is 13.7. The van der Waals surface area contributed by atoms with E-state index in [2.05, 4.69) is 0 Å². The first-order valence-electron chi connectivity index (χ1n) is 6.04. The Morgan fingerprint density at radius 3 is 2.59 bits per heavy atom. The third-order valence-electron chi connectivity index (χ3n) is 3.49. The Morgan fingerprint density at radius 1 is 1.29 bits per heavy atom. The van der Waals surface area contributed by atoms with Gasteiger partial charge in [0.25, 0.3) is 0 Å². The molecule has 0 aromatic heterocycles. The van der Waals surface area contributed by atoms with Crippen LogP contribution in [-0.2, 0) is 0 Å². The van der Waals surface area contributed by atoms with Crippen molar-refractivity contribution < 1.29 is 8.78 Å². The Morgan fingerprint density at radius 2 is 1.94 bits per heavy atom. The molecule has 1 aliphatic carbocycles. The number of nitrogens with two attached hydrogens (primary N) is 1. The minimum Gasteiger partial charge on any atom is -0.397 e. The summed E-state index contributed by atoms with van der Waals surface area (Å²) in [6.07, 6.45) is 4.81. The highest BCUT2D eigenvalue weighted by molar-refractivity contribution is 5.68. The zero-order chi connectivity index (χ0) is 12.4. The minimum atomic E-state index is -0.842. The van der Waals surface area contributed by atoms with E-state index in [0.717, 1.165) is 12.6 Å². The summed E-state index contributed by atoms with van der Waals surface area (Å²) in [6, 6.07) is 2.48. The van der Waals surface area contributed by atoms with Crippen LogP contribution in [0.4, 0.5) is 20.2 Å². The fraction of sp³-hybridized carbons (Fsp3) is 0.538. The second-order valence-corrected chi connectivity index (χ2v) is 4.83. The zero-order valence-electron chi connectivity index (χ0n) is 10.0. The second-order valence-electron chi connectivity index (χ2n) is 4.83. The van der Waals surface area contributed by atoms with Gasteiger partial charge in [0.15, 0.2) is 11.6 Å². The molecule has 2 N–H and O–H groups in total. The van der Waals surface area contributed by atoms with Gasteiger partial charge >= 0.3 is 0 Å². The highest BCUT2D eigenvalue weighted by Gasteiger charge is 2.21. The Kier molecular flexibility index (Phi) is 3.50. The second kappa shape index (κ2) is 4.90. The average molecular weight is 240 g/mol. The molecule has 2 rings (SSSR count). The van der Waals surface area contributed by atoms with Crippen LogP contribution in [0, 0.1) is 17.6 Å². The van der Waals surface area contributed by atoms with Crippen molar-refractivity contribution in [3.63, 3.8) is 0 Å². The van der Waals surface area contributed by atoms with Gasteiger partial charge in [0.05, 0.1) is 11.4 Å². The van der Waals surface area contributed by atoms with Crippen LogP contribution in [-0.4, -0.2) is 13.6 Å². The average Bonchev–Trinajstić information content (AvgIpc) is 2.77. The first-order chi connectivity index (χ1) is 8.09. The fourth-order valence-corrected chi connectivity index (χ4v) is 2.61. The van der Waals surface area contributed by atoms with E-state index in [1.165, 1.54) is 31.7 Å². The first kappa shape index (κ1) is 12.1.